The zero-order valence-electron chi connectivity index (χ0n) is 14.3. The average molecular weight is 358 g/mol. The lowest BCUT2D eigenvalue weighted by molar-refractivity contribution is -0.123. The number of benzene rings is 2. The van der Waals surface area contributed by atoms with Crippen molar-refractivity contribution < 1.29 is 23.5 Å². The summed E-state index contributed by atoms with van der Waals surface area (Å²) in [5.74, 6) is 0.474. The van der Waals surface area contributed by atoms with E-state index >= 15 is 0 Å². The summed E-state index contributed by atoms with van der Waals surface area (Å²) >= 11 is 0. The van der Waals surface area contributed by atoms with E-state index in [1.54, 1.807) is 43.5 Å². The molecule has 2 aromatic rings. The molecule has 0 saturated carbocycles. The van der Waals surface area contributed by atoms with Crippen molar-refractivity contribution >= 4 is 17.5 Å². The standard InChI is InChI=1S/C19H19FN2O4/c1-25-16-6-8-17(9-7-16)26-12-18(23)21-14-10-19(24)22(11-14)15-4-2-13(20)3-5-15/h2-9,14H,10-12H2,1H3,(H,21,23). The normalized spacial score (nSPS) is 16.5. The van der Waals surface area contributed by atoms with Crippen LogP contribution in [0.25, 0.3) is 0 Å². The van der Waals surface area contributed by atoms with Gasteiger partial charge in [-0.1, -0.05) is 0 Å². The monoisotopic (exact) mass is 358 g/mol. The van der Waals surface area contributed by atoms with Crippen LogP contribution in [0.2, 0.25) is 0 Å². The van der Waals surface area contributed by atoms with Crippen LogP contribution >= 0.6 is 0 Å². The molecule has 1 heterocycles. The zero-order valence-corrected chi connectivity index (χ0v) is 14.3. The highest BCUT2D eigenvalue weighted by Gasteiger charge is 2.31. The topological polar surface area (TPSA) is 67.9 Å². The SMILES string of the molecule is COc1ccc(OCC(=O)NC2CC(=O)N(c3ccc(F)cc3)C2)cc1. The second kappa shape index (κ2) is 7.86. The van der Waals surface area contributed by atoms with Crippen LogP contribution < -0.4 is 19.7 Å². The molecule has 6 nitrogen and oxygen atoms in total. The van der Waals surface area contributed by atoms with Crippen LogP contribution in [0.3, 0.4) is 0 Å². The number of hydrogen-bond acceptors (Lipinski definition) is 4. The summed E-state index contributed by atoms with van der Waals surface area (Å²) in [5.41, 5.74) is 0.614. The summed E-state index contributed by atoms with van der Waals surface area (Å²) in [7, 11) is 1.57. The fraction of sp³-hybridized carbons (Fsp3) is 0.263. The molecule has 3 rings (SSSR count). The van der Waals surface area contributed by atoms with E-state index in [2.05, 4.69) is 5.32 Å². The Morgan fingerprint density at radius 2 is 1.81 bits per heavy atom. The van der Waals surface area contributed by atoms with Gasteiger partial charge in [0.05, 0.1) is 13.2 Å². The molecule has 2 aromatic carbocycles. The molecular weight excluding hydrogens is 339 g/mol. The molecule has 0 bridgehead atoms. The number of amides is 2. The maximum atomic E-state index is 13.0. The molecule has 2 amide bonds. The highest BCUT2D eigenvalue weighted by Crippen LogP contribution is 2.22. The Hall–Kier alpha value is -3.09. The summed E-state index contributed by atoms with van der Waals surface area (Å²) in [6.45, 7) is 0.201. The van der Waals surface area contributed by atoms with Crippen LogP contribution in [0, 0.1) is 5.82 Å². The molecule has 1 unspecified atom stereocenters. The van der Waals surface area contributed by atoms with Crippen LogP contribution in [0.15, 0.2) is 48.5 Å². The van der Waals surface area contributed by atoms with Gasteiger partial charge in [-0.3, -0.25) is 9.59 Å². The third-order valence-electron chi connectivity index (χ3n) is 4.06. The van der Waals surface area contributed by atoms with Gasteiger partial charge in [-0.05, 0) is 48.5 Å². The number of anilines is 1. The fourth-order valence-electron chi connectivity index (χ4n) is 2.77. The molecule has 0 spiro atoms. The minimum Gasteiger partial charge on any atom is -0.497 e. The van der Waals surface area contributed by atoms with E-state index in [4.69, 9.17) is 9.47 Å². The number of ether oxygens (including phenoxy) is 2. The second-order valence-corrected chi connectivity index (χ2v) is 5.91. The number of methoxy groups -OCH3 is 1. The molecule has 0 radical (unpaired) electrons. The average Bonchev–Trinajstić information content (AvgIpc) is 3.01. The van der Waals surface area contributed by atoms with E-state index in [1.165, 1.54) is 17.0 Å². The third kappa shape index (κ3) is 4.30. The summed E-state index contributed by atoms with van der Waals surface area (Å²) in [6.07, 6.45) is 0.200. The van der Waals surface area contributed by atoms with Crippen molar-refractivity contribution in [2.45, 2.75) is 12.5 Å². The molecule has 1 N–H and O–H groups in total. The van der Waals surface area contributed by atoms with E-state index in [0.717, 1.165) is 0 Å². The summed E-state index contributed by atoms with van der Waals surface area (Å²) in [6, 6.07) is 12.3. The molecule has 26 heavy (non-hydrogen) atoms. The Kier molecular flexibility index (Phi) is 5.36. The molecule has 1 fully saturated rings. The van der Waals surface area contributed by atoms with Crippen LogP contribution in [-0.2, 0) is 9.59 Å². The molecule has 1 atom stereocenters. The minimum absolute atomic E-state index is 0.113. The Bertz CT molecular complexity index is 777. The Morgan fingerprint density at radius 3 is 2.46 bits per heavy atom. The zero-order chi connectivity index (χ0) is 18.5. The van der Waals surface area contributed by atoms with Crippen molar-refractivity contribution in [1.82, 2.24) is 5.32 Å². The maximum Gasteiger partial charge on any atom is 0.258 e. The number of nitrogens with zero attached hydrogens (tertiary/aromatic N) is 1. The van der Waals surface area contributed by atoms with Gasteiger partial charge < -0.3 is 19.7 Å². The summed E-state index contributed by atoms with van der Waals surface area (Å²) in [4.78, 5) is 25.7. The lowest BCUT2D eigenvalue weighted by Crippen LogP contribution is -2.39. The van der Waals surface area contributed by atoms with Crippen LogP contribution in [0.1, 0.15) is 6.42 Å². The highest BCUT2D eigenvalue weighted by atomic mass is 19.1. The van der Waals surface area contributed by atoms with Crippen LogP contribution in [-0.4, -0.2) is 38.1 Å². The molecule has 136 valence electrons. The van der Waals surface area contributed by atoms with Crippen molar-refractivity contribution in [3.05, 3.63) is 54.3 Å². The second-order valence-electron chi connectivity index (χ2n) is 5.91. The van der Waals surface area contributed by atoms with E-state index in [1.807, 2.05) is 0 Å². The van der Waals surface area contributed by atoms with Gasteiger partial charge in [-0.2, -0.15) is 0 Å². The van der Waals surface area contributed by atoms with E-state index in [-0.39, 0.29) is 36.7 Å². The fourth-order valence-corrected chi connectivity index (χ4v) is 2.77. The number of carbonyl (C=O) groups excluding carboxylic acids is 2. The van der Waals surface area contributed by atoms with Crippen molar-refractivity contribution in [2.75, 3.05) is 25.2 Å². The molecule has 1 aliphatic rings. The quantitative estimate of drug-likeness (QED) is 0.859. The first kappa shape index (κ1) is 17.7. The van der Waals surface area contributed by atoms with Gasteiger partial charge in [-0.15, -0.1) is 0 Å². The summed E-state index contributed by atoms with van der Waals surface area (Å²) < 4.78 is 23.5. The van der Waals surface area contributed by atoms with Gasteiger partial charge in [-0.25, -0.2) is 4.39 Å². The van der Waals surface area contributed by atoms with E-state index in [9.17, 15) is 14.0 Å². The Labute approximate surface area is 150 Å². The summed E-state index contributed by atoms with van der Waals surface area (Å²) in [5, 5.41) is 2.79. The third-order valence-corrected chi connectivity index (χ3v) is 4.06. The Morgan fingerprint density at radius 1 is 1.15 bits per heavy atom. The van der Waals surface area contributed by atoms with Crippen molar-refractivity contribution in [3.8, 4) is 11.5 Å². The maximum absolute atomic E-state index is 13.0. The van der Waals surface area contributed by atoms with Gasteiger partial charge in [0.15, 0.2) is 6.61 Å². The smallest absolute Gasteiger partial charge is 0.258 e. The number of hydrogen-bond donors (Lipinski definition) is 1. The van der Waals surface area contributed by atoms with E-state index < -0.39 is 0 Å². The van der Waals surface area contributed by atoms with Gasteiger partial charge in [0.2, 0.25) is 5.91 Å². The number of nitrogens with one attached hydrogen (secondary N) is 1. The molecule has 0 aliphatic carbocycles. The minimum atomic E-state index is -0.360. The largest absolute Gasteiger partial charge is 0.497 e. The molecule has 7 heteroatoms. The lowest BCUT2D eigenvalue weighted by Gasteiger charge is -2.17. The van der Waals surface area contributed by atoms with E-state index in [0.29, 0.717) is 23.7 Å². The van der Waals surface area contributed by atoms with Gasteiger partial charge in [0, 0.05) is 18.7 Å². The number of rotatable bonds is 6. The van der Waals surface area contributed by atoms with Crippen LogP contribution in [0.4, 0.5) is 10.1 Å². The van der Waals surface area contributed by atoms with Crippen molar-refractivity contribution in [3.63, 3.8) is 0 Å². The van der Waals surface area contributed by atoms with Crippen molar-refractivity contribution in [2.24, 2.45) is 0 Å². The van der Waals surface area contributed by atoms with Crippen molar-refractivity contribution in [1.29, 1.82) is 0 Å². The number of halogens is 1. The molecule has 0 aromatic heterocycles. The first-order chi connectivity index (χ1) is 12.5. The van der Waals surface area contributed by atoms with Gasteiger partial charge in [0.1, 0.15) is 17.3 Å². The molecule has 1 aliphatic heterocycles. The first-order valence-electron chi connectivity index (χ1n) is 8.17. The predicted octanol–water partition coefficient (Wildman–Crippen LogP) is 2.13. The molecule has 1 saturated heterocycles. The first-order valence-corrected chi connectivity index (χ1v) is 8.17. The van der Waals surface area contributed by atoms with Crippen LogP contribution in [0.5, 0.6) is 11.5 Å². The lowest BCUT2D eigenvalue weighted by atomic mass is 10.2. The highest BCUT2D eigenvalue weighted by molar-refractivity contribution is 5.96. The van der Waals surface area contributed by atoms with Gasteiger partial charge in [0.25, 0.3) is 5.91 Å². The number of carbonyl (C=O) groups is 2. The molecular formula is C19H19FN2O4. The predicted molar refractivity (Wildman–Crippen MR) is 93.8 cm³/mol. The Balaban J connectivity index is 1.50. The van der Waals surface area contributed by atoms with Gasteiger partial charge >= 0.3 is 0 Å².